The Morgan fingerprint density at radius 2 is 1.57 bits per heavy atom. The molecule has 2 aromatic rings. The Bertz CT molecular complexity index is 815. The molecule has 0 aliphatic rings. The highest BCUT2D eigenvalue weighted by Gasteiger charge is 2.25. The quantitative estimate of drug-likeness (QED) is 0.780. The Morgan fingerprint density at radius 1 is 1.00 bits per heavy atom. The molecule has 7 heteroatoms. The molecule has 2 aromatic carbocycles. The number of benzene rings is 2. The molecule has 2 rings (SSSR count). The zero-order valence-electron chi connectivity index (χ0n) is 12.4. The van der Waals surface area contributed by atoms with Crippen molar-refractivity contribution in [3.05, 3.63) is 65.7 Å². The summed E-state index contributed by atoms with van der Waals surface area (Å²) in [6, 6.07) is 12.6. The van der Waals surface area contributed by atoms with Crippen LogP contribution in [0.2, 0.25) is 0 Å². The number of primary amides is 1. The number of nitrogens with one attached hydrogen (secondary N) is 1. The Balaban J connectivity index is 2.31. The number of Topliss-reactive ketones (excluding diaryl/α,β-unsaturated/α-hetero) is 1. The highest BCUT2D eigenvalue weighted by Crippen LogP contribution is 2.17. The van der Waals surface area contributed by atoms with Gasteiger partial charge in [0.15, 0.2) is 5.78 Å². The average molecular weight is 332 g/mol. The van der Waals surface area contributed by atoms with E-state index < -0.39 is 22.0 Å². The molecule has 3 N–H and O–H groups in total. The van der Waals surface area contributed by atoms with Crippen LogP contribution in [0.3, 0.4) is 0 Å². The fourth-order valence-corrected chi connectivity index (χ4v) is 3.22. The second kappa shape index (κ2) is 6.72. The molecule has 0 fully saturated rings. The van der Waals surface area contributed by atoms with Crippen molar-refractivity contribution in [1.29, 1.82) is 0 Å². The molecular formula is C16H16N2O4S. The van der Waals surface area contributed by atoms with Gasteiger partial charge in [0.05, 0.1) is 4.90 Å². The molecule has 0 saturated heterocycles. The van der Waals surface area contributed by atoms with Crippen LogP contribution in [0.1, 0.15) is 28.9 Å². The van der Waals surface area contributed by atoms with E-state index in [9.17, 15) is 18.0 Å². The zero-order chi connectivity index (χ0) is 17.0. The fraction of sp³-hybridized carbons (Fsp3) is 0.125. The summed E-state index contributed by atoms with van der Waals surface area (Å²) in [5, 5.41) is 0. The molecule has 1 amide bonds. The molecule has 0 aliphatic heterocycles. The molecule has 0 aliphatic carbocycles. The standard InChI is InChI=1S/C16H16N2O4S/c1-11(19)12-7-9-14(10-8-12)23(21,22)18-15(16(17)20)13-5-3-2-4-6-13/h2-10,15,18H,1H3,(H2,17,20)/t15-/m0/s1. The van der Waals surface area contributed by atoms with Gasteiger partial charge in [0.25, 0.3) is 0 Å². The van der Waals surface area contributed by atoms with Crippen molar-refractivity contribution >= 4 is 21.7 Å². The summed E-state index contributed by atoms with van der Waals surface area (Å²) < 4.78 is 27.1. The summed E-state index contributed by atoms with van der Waals surface area (Å²) in [5.41, 5.74) is 6.16. The number of hydrogen-bond donors (Lipinski definition) is 2. The Labute approximate surface area is 134 Å². The summed E-state index contributed by atoms with van der Waals surface area (Å²) >= 11 is 0. The first-order chi connectivity index (χ1) is 10.8. The van der Waals surface area contributed by atoms with Crippen molar-refractivity contribution in [2.75, 3.05) is 0 Å². The molecular weight excluding hydrogens is 316 g/mol. The van der Waals surface area contributed by atoms with Crippen LogP contribution in [0.4, 0.5) is 0 Å². The van der Waals surface area contributed by atoms with Crippen LogP contribution in [0, 0.1) is 0 Å². The van der Waals surface area contributed by atoms with E-state index in [0.717, 1.165) is 0 Å². The number of hydrogen-bond acceptors (Lipinski definition) is 4. The average Bonchev–Trinajstić information content (AvgIpc) is 2.53. The number of amides is 1. The molecule has 0 radical (unpaired) electrons. The van der Waals surface area contributed by atoms with Gasteiger partial charge in [-0.05, 0) is 24.6 Å². The van der Waals surface area contributed by atoms with E-state index >= 15 is 0 Å². The molecule has 0 spiro atoms. The van der Waals surface area contributed by atoms with Gasteiger partial charge < -0.3 is 5.73 Å². The minimum absolute atomic E-state index is 0.0512. The largest absolute Gasteiger partial charge is 0.368 e. The van der Waals surface area contributed by atoms with Crippen LogP contribution < -0.4 is 10.5 Å². The van der Waals surface area contributed by atoms with Crippen molar-refractivity contribution in [3.8, 4) is 0 Å². The summed E-state index contributed by atoms with van der Waals surface area (Å²) in [6.45, 7) is 1.39. The van der Waals surface area contributed by atoms with Crippen molar-refractivity contribution in [1.82, 2.24) is 4.72 Å². The first kappa shape index (κ1) is 16.9. The van der Waals surface area contributed by atoms with Crippen LogP contribution >= 0.6 is 0 Å². The van der Waals surface area contributed by atoms with Crippen molar-refractivity contribution in [2.45, 2.75) is 17.9 Å². The van der Waals surface area contributed by atoms with Crippen molar-refractivity contribution in [2.24, 2.45) is 5.73 Å². The third-order valence-corrected chi connectivity index (χ3v) is 4.70. The summed E-state index contributed by atoms with van der Waals surface area (Å²) in [4.78, 5) is 22.8. The highest BCUT2D eigenvalue weighted by molar-refractivity contribution is 7.89. The number of sulfonamides is 1. The first-order valence-corrected chi connectivity index (χ1v) is 8.27. The van der Waals surface area contributed by atoms with Crippen LogP contribution in [0.5, 0.6) is 0 Å². The van der Waals surface area contributed by atoms with Gasteiger partial charge in [-0.25, -0.2) is 8.42 Å². The van der Waals surface area contributed by atoms with E-state index in [1.807, 2.05) is 0 Å². The Hall–Kier alpha value is -2.51. The topological polar surface area (TPSA) is 106 Å². The van der Waals surface area contributed by atoms with Crippen molar-refractivity contribution in [3.63, 3.8) is 0 Å². The second-order valence-corrected chi connectivity index (χ2v) is 6.66. The van der Waals surface area contributed by atoms with E-state index in [-0.39, 0.29) is 10.7 Å². The van der Waals surface area contributed by atoms with Crippen LogP contribution in [0.25, 0.3) is 0 Å². The molecule has 23 heavy (non-hydrogen) atoms. The summed E-state index contributed by atoms with van der Waals surface area (Å²) in [7, 11) is -3.96. The third kappa shape index (κ3) is 4.02. The SMILES string of the molecule is CC(=O)c1ccc(S(=O)(=O)N[C@H](C(N)=O)c2ccccc2)cc1. The zero-order valence-corrected chi connectivity index (χ0v) is 13.2. The lowest BCUT2D eigenvalue weighted by atomic mass is 10.1. The lowest BCUT2D eigenvalue weighted by molar-refractivity contribution is -0.119. The lowest BCUT2D eigenvalue weighted by Gasteiger charge is -2.16. The van der Waals surface area contributed by atoms with Gasteiger partial charge >= 0.3 is 0 Å². The van der Waals surface area contributed by atoms with Crippen LogP contribution in [-0.2, 0) is 14.8 Å². The third-order valence-electron chi connectivity index (χ3n) is 3.26. The number of carbonyl (C=O) groups excluding carboxylic acids is 2. The Morgan fingerprint density at radius 3 is 2.04 bits per heavy atom. The lowest BCUT2D eigenvalue weighted by Crippen LogP contribution is -2.37. The van der Waals surface area contributed by atoms with Crippen LogP contribution in [0.15, 0.2) is 59.5 Å². The molecule has 0 saturated carbocycles. The number of nitrogens with two attached hydrogens (primary N) is 1. The van der Waals surface area contributed by atoms with E-state index in [1.165, 1.54) is 31.2 Å². The van der Waals surface area contributed by atoms with E-state index in [0.29, 0.717) is 11.1 Å². The molecule has 0 unspecified atom stereocenters. The maximum Gasteiger partial charge on any atom is 0.241 e. The molecule has 120 valence electrons. The van der Waals surface area contributed by atoms with Gasteiger partial charge in [-0.3, -0.25) is 9.59 Å². The fourth-order valence-electron chi connectivity index (χ4n) is 2.03. The number of rotatable bonds is 6. The predicted octanol–water partition coefficient (Wildman–Crippen LogP) is 1.39. The number of ketones is 1. The normalized spacial score (nSPS) is 12.6. The molecule has 0 bridgehead atoms. The molecule has 0 aromatic heterocycles. The van der Waals surface area contributed by atoms with E-state index in [2.05, 4.69) is 4.72 Å². The van der Waals surface area contributed by atoms with E-state index in [1.54, 1.807) is 30.3 Å². The van der Waals surface area contributed by atoms with Gasteiger partial charge in [-0.1, -0.05) is 42.5 Å². The Kier molecular flexibility index (Phi) is 4.92. The molecule has 1 atom stereocenters. The number of carbonyl (C=O) groups is 2. The smallest absolute Gasteiger partial charge is 0.241 e. The summed E-state index contributed by atoms with van der Waals surface area (Å²) in [6.07, 6.45) is 0. The van der Waals surface area contributed by atoms with Gasteiger partial charge in [-0.2, -0.15) is 4.72 Å². The summed E-state index contributed by atoms with van der Waals surface area (Å²) in [5.74, 6) is -0.971. The van der Waals surface area contributed by atoms with E-state index in [4.69, 9.17) is 5.73 Å². The minimum Gasteiger partial charge on any atom is -0.368 e. The predicted molar refractivity (Wildman–Crippen MR) is 85.1 cm³/mol. The van der Waals surface area contributed by atoms with Gasteiger partial charge in [0, 0.05) is 5.56 Å². The van der Waals surface area contributed by atoms with Crippen LogP contribution in [-0.4, -0.2) is 20.1 Å². The van der Waals surface area contributed by atoms with Gasteiger partial charge in [0.1, 0.15) is 6.04 Å². The second-order valence-electron chi connectivity index (χ2n) is 4.95. The molecule has 0 heterocycles. The molecule has 6 nitrogen and oxygen atoms in total. The van der Waals surface area contributed by atoms with Crippen molar-refractivity contribution < 1.29 is 18.0 Å². The first-order valence-electron chi connectivity index (χ1n) is 6.79. The monoisotopic (exact) mass is 332 g/mol. The maximum absolute atomic E-state index is 12.4. The van der Waals surface area contributed by atoms with Gasteiger partial charge in [-0.15, -0.1) is 0 Å². The maximum atomic E-state index is 12.4. The van der Waals surface area contributed by atoms with Gasteiger partial charge in [0.2, 0.25) is 15.9 Å². The highest BCUT2D eigenvalue weighted by atomic mass is 32.2. The minimum atomic E-state index is -3.96.